The van der Waals surface area contributed by atoms with Gasteiger partial charge in [-0.05, 0) is 44.0 Å². The second-order valence-electron chi connectivity index (χ2n) is 5.69. The Morgan fingerprint density at radius 1 is 0.917 bits per heavy atom. The first-order valence-corrected chi connectivity index (χ1v) is 7.78. The SMILES string of the molecule is Cc1ccc(OCC(=O)NCC(=O)Nc2c(C)cccc2C)cc1. The number of amides is 2. The van der Waals surface area contributed by atoms with Gasteiger partial charge in [0, 0.05) is 5.69 Å². The van der Waals surface area contributed by atoms with E-state index in [4.69, 9.17) is 4.74 Å². The summed E-state index contributed by atoms with van der Waals surface area (Å²) in [5.74, 6) is 0.0130. The molecule has 0 aliphatic heterocycles. The molecule has 0 heterocycles. The number of aryl methyl sites for hydroxylation is 3. The average molecular weight is 326 g/mol. The molecule has 2 amide bonds. The lowest BCUT2D eigenvalue weighted by Gasteiger charge is -2.12. The lowest BCUT2D eigenvalue weighted by atomic mass is 10.1. The molecular formula is C19H22N2O3. The average Bonchev–Trinajstić information content (AvgIpc) is 2.56. The molecule has 0 fully saturated rings. The van der Waals surface area contributed by atoms with Crippen molar-refractivity contribution in [3.63, 3.8) is 0 Å². The van der Waals surface area contributed by atoms with Crippen LogP contribution in [0, 0.1) is 20.8 Å². The quantitative estimate of drug-likeness (QED) is 0.858. The van der Waals surface area contributed by atoms with Crippen molar-refractivity contribution >= 4 is 17.5 Å². The van der Waals surface area contributed by atoms with Crippen molar-refractivity contribution in [1.82, 2.24) is 5.32 Å². The maximum atomic E-state index is 12.0. The number of benzene rings is 2. The van der Waals surface area contributed by atoms with E-state index in [1.54, 1.807) is 12.1 Å². The molecule has 5 heteroatoms. The zero-order chi connectivity index (χ0) is 17.5. The molecule has 2 N–H and O–H groups in total. The molecule has 2 rings (SSSR count). The highest BCUT2D eigenvalue weighted by molar-refractivity contribution is 5.95. The smallest absolute Gasteiger partial charge is 0.258 e. The van der Waals surface area contributed by atoms with E-state index in [1.165, 1.54) is 0 Å². The van der Waals surface area contributed by atoms with Gasteiger partial charge in [0.25, 0.3) is 5.91 Å². The minimum absolute atomic E-state index is 0.0934. The van der Waals surface area contributed by atoms with Gasteiger partial charge in [-0.2, -0.15) is 0 Å². The Kier molecular flexibility index (Phi) is 5.95. The van der Waals surface area contributed by atoms with Crippen LogP contribution in [0.15, 0.2) is 42.5 Å². The summed E-state index contributed by atoms with van der Waals surface area (Å²) in [7, 11) is 0. The number of carbonyl (C=O) groups excluding carboxylic acids is 2. The number of para-hydroxylation sites is 1. The molecule has 2 aromatic carbocycles. The highest BCUT2D eigenvalue weighted by Gasteiger charge is 2.09. The molecule has 0 bridgehead atoms. The van der Waals surface area contributed by atoms with Crippen LogP contribution < -0.4 is 15.4 Å². The van der Waals surface area contributed by atoms with E-state index in [2.05, 4.69) is 10.6 Å². The van der Waals surface area contributed by atoms with Crippen LogP contribution in [0.25, 0.3) is 0 Å². The largest absolute Gasteiger partial charge is 0.484 e. The second kappa shape index (κ2) is 8.15. The Morgan fingerprint density at radius 2 is 1.54 bits per heavy atom. The summed E-state index contributed by atoms with van der Waals surface area (Å²) in [5.41, 5.74) is 3.87. The minimum Gasteiger partial charge on any atom is -0.484 e. The van der Waals surface area contributed by atoms with Crippen LogP contribution in [-0.2, 0) is 9.59 Å². The minimum atomic E-state index is -0.341. The van der Waals surface area contributed by atoms with Gasteiger partial charge in [-0.3, -0.25) is 9.59 Å². The van der Waals surface area contributed by atoms with Crippen molar-refractivity contribution in [2.24, 2.45) is 0 Å². The topological polar surface area (TPSA) is 67.4 Å². The standard InChI is InChI=1S/C19H22N2O3/c1-13-7-9-16(10-8-13)24-12-18(23)20-11-17(22)21-19-14(2)5-4-6-15(19)3/h4-10H,11-12H2,1-3H3,(H,20,23)(H,21,22). The molecule has 24 heavy (non-hydrogen) atoms. The molecule has 0 unspecified atom stereocenters. The maximum Gasteiger partial charge on any atom is 0.258 e. The predicted molar refractivity (Wildman–Crippen MR) is 94.2 cm³/mol. The number of carbonyl (C=O) groups is 2. The lowest BCUT2D eigenvalue weighted by Crippen LogP contribution is -2.36. The molecular weight excluding hydrogens is 304 g/mol. The zero-order valence-corrected chi connectivity index (χ0v) is 14.2. The molecule has 0 spiro atoms. The van der Waals surface area contributed by atoms with Gasteiger partial charge in [0.05, 0.1) is 6.54 Å². The summed E-state index contributed by atoms with van der Waals surface area (Å²) in [5, 5.41) is 5.37. The van der Waals surface area contributed by atoms with Crippen LogP contribution in [0.1, 0.15) is 16.7 Å². The summed E-state index contributed by atoms with van der Waals surface area (Å²) in [6, 6.07) is 13.2. The van der Waals surface area contributed by atoms with Crippen molar-refractivity contribution in [3.05, 3.63) is 59.2 Å². The van der Waals surface area contributed by atoms with Crippen molar-refractivity contribution in [2.45, 2.75) is 20.8 Å². The van der Waals surface area contributed by atoms with E-state index in [-0.39, 0.29) is 25.0 Å². The van der Waals surface area contributed by atoms with Crippen molar-refractivity contribution in [2.75, 3.05) is 18.5 Å². The highest BCUT2D eigenvalue weighted by atomic mass is 16.5. The Bertz CT molecular complexity index is 704. The van der Waals surface area contributed by atoms with Crippen LogP contribution in [0.3, 0.4) is 0 Å². The summed E-state index contributed by atoms with van der Waals surface area (Å²) in [6.07, 6.45) is 0. The summed E-state index contributed by atoms with van der Waals surface area (Å²) in [6.45, 7) is 5.61. The van der Waals surface area contributed by atoms with Crippen LogP contribution in [-0.4, -0.2) is 25.0 Å². The number of ether oxygens (including phenoxy) is 1. The number of hydrogen-bond acceptors (Lipinski definition) is 3. The van der Waals surface area contributed by atoms with Gasteiger partial charge < -0.3 is 15.4 Å². The molecule has 5 nitrogen and oxygen atoms in total. The number of hydrogen-bond donors (Lipinski definition) is 2. The Hall–Kier alpha value is -2.82. The highest BCUT2D eigenvalue weighted by Crippen LogP contribution is 2.19. The van der Waals surface area contributed by atoms with Crippen molar-refractivity contribution in [1.29, 1.82) is 0 Å². The zero-order valence-electron chi connectivity index (χ0n) is 14.2. The summed E-state index contributed by atoms with van der Waals surface area (Å²) < 4.78 is 5.37. The summed E-state index contributed by atoms with van der Waals surface area (Å²) >= 11 is 0. The van der Waals surface area contributed by atoms with E-state index in [0.717, 1.165) is 22.4 Å². The van der Waals surface area contributed by atoms with E-state index in [9.17, 15) is 9.59 Å². The van der Waals surface area contributed by atoms with Crippen molar-refractivity contribution in [3.8, 4) is 5.75 Å². The first kappa shape index (κ1) is 17.5. The molecule has 2 aromatic rings. The Balaban J connectivity index is 1.77. The van der Waals surface area contributed by atoms with E-state index in [1.807, 2.05) is 51.1 Å². The first-order valence-electron chi connectivity index (χ1n) is 7.78. The summed E-state index contributed by atoms with van der Waals surface area (Å²) in [4.78, 5) is 23.7. The third-order valence-corrected chi connectivity index (χ3v) is 3.58. The molecule has 0 saturated heterocycles. The normalized spacial score (nSPS) is 10.1. The third-order valence-electron chi connectivity index (χ3n) is 3.58. The molecule has 0 saturated carbocycles. The second-order valence-corrected chi connectivity index (χ2v) is 5.69. The first-order chi connectivity index (χ1) is 11.5. The number of anilines is 1. The van der Waals surface area contributed by atoms with Crippen LogP contribution in [0.2, 0.25) is 0 Å². The van der Waals surface area contributed by atoms with Gasteiger partial charge in [0.1, 0.15) is 5.75 Å². The molecule has 126 valence electrons. The lowest BCUT2D eigenvalue weighted by molar-refractivity contribution is -0.125. The van der Waals surface area contributed by atoms with Gasteiger partial charge in [-0.1, -0.05) is 35.9 Å². The fourth-order valence-electron chi connectivity index (χ4n) is 2.21. The molecule has 0 aliphatic rings. The maximum absolute atomic E-state index is 12.0. The van der Waals surface area contributed by atoms with Gasteiger partial charge in [-0.15, -0.1) is 0 Å². The van der Waals surface area contributed by atoms with Crippen LogP contribution in [0.4, 0.5) is 5.69 Å². The molecule has 0 atom stereocenters. The fraction of sp³-hybridized carbons (Fsp3) is 0.263. The molecule has 0 radical (unpaired) electrons. The Labute approximate surface area is 142 Å². The molecule has 0 aromatic heterocycles. The van der Waals surface area contributed by atoms with Gasteiger partial charge in [0.2, 0.25) is 5.91 Å². The van der Waals surface area contributed by atoms with Gasteiger partial charge >= 0.3 is 0 Å². The van der Waals surface area contributed by atoms with Crippen LogP contribution >= 0.6 is 0 Å². The Morgan fingerprint density at radius 3 is 2.17 bits per heavy atom. The van der Waals surface area contributed by atoms with Gasteiger partial charge in [0.15, 0.2) is 6.61 Å². The van der Waals surface area contributed by atoms with E-state index in [0.29, 0.717) is 5.75 Å². The van der Waals surface area contributed by atoms with E-state index < -0.39 is 0 Å². The van der Waals surface area contributed by atoms with Crippen molar-refractivity contribution < 1.29 is 14.3 Å². The fourth-order valence-corrected chi connectivity index (χ4v) is 2.21. The number of nitrogens with one attached hydrogen (secondary N) is 2. The predicted octanol–water partition coefficient (Wildman–Crippen LogP) is 2.75. The van der Waals surface area contributed by atoms with E-state index >= 15 is 0 Å². The number of rotatable bonds is 6. The molecule has 0 aliphatic carbocycles. The van der Waals surface area contributed by atoms with Gasteiger partial charge in [-0.25, -0.2) is 0 Å². The van der Waals surface area contributed by atoms with Crippen LogP contribution in [0.5, 0.6) is 5.75 Å². The monoisotopic (exact) mass is 326 g/mol. The third kappa shape index (κ3) is 5.12.